The van der Waals surface area contributed by atoms with Gasteiger partial charge in [-0.15, -0.1) is 0 Å². The molecule has 2 N–H and O–H groups in total. The van der Waals surface area contributed by atoms with E-state index in [9.17, 15) is 9.59 Å². The standard InChI is InChI=1S/C14H27N3O3/c1-3-17(10-7-13(18)19)14(20)15-12(2)11-16-8-5-4-6-9-16/h12H,3-11H2,1-2H3,(H,15,20)(H,18,19). The number of carbonyl (C=O) groups excluding carboxylic acids is 1. The van der Waals surface area contributed by atoms with Crippen LogP contribution in [-0.4, -0.2) is 65.7 Å². The van der Waals surface area contributed by atoms with Crippen LogP contribution in [0.1, 0.15) is 39.5 Å². The van der Waals surface area contributed by atoms with Gasteiger partial charge in [0.25, 0.3) is 0 Å². The van der Waals surface area contributed by atoms with E-state index < -0.39 is 5.97 Å². The molecule has 0 spiro atoms. The number of piperidine rings is 1. The highest BCUT2D eigenvalue weighted by Gasteiger charge is 2.18. The second-order valence-electron chi connectivity index (χ2n) is 5.44. The van der Waals surface area contributed by atoms with Gasteiger partial charge in [0, 0.05) is 25.7 Å². The highest BCUT2D eigenvalue weighted by Crippen LogP contribution is 2.08. The molecule has 0 aliphatic carbocycles. The fraction of sp³-hybridized carbons (Fsp3) is 0.857. The predicted molar refractivity (Wildman–Crippen MR) is 77.8 cm³/mol. The van der Waals surface area contributed by atoms with Crippen molar-refractivity contribution in [3.05, 3.63) is 0 Å². The Hall–Kier alpha value is -1.30. The van der Waals surface area contributed by atoms with Crippen molar-refractivity contribution < 1.29 is 14.7 Å². The van der Waals surface area contributed by atoms with Gasteiger partial charge in [0.1, 0.15) is 0 Å². The maximum atomic E-state index is 12.0. The molecule has 1 rings (SSSR count). The van der Waals surface area contributed by atoms with E-state index in [-0.39, 0.29) is 25.0 Å². The lowest BCUT2D eigenvalue weighted by molar-refractivity contribution is -0.137. The van der Waals surface area contributed by atoms with Crippen molar-refractivity contribution in [2.24, 2.45) is 0 Å². The smallest absolute Gasteiger partial charge is 0.317 e. The zero-order valence-electron chi connectivity index (χ0n) is 12.6. The van der Waals surface area contributed by atoms with Crippen molar-refractivity contribution in [3.63, 3.8) is 0 Å². The molecule has 1 aliphatic rings. The van der Waals surface area contributed by atoms with Gasteiger partial charge in [-0.25, -0.2) is 4.79 Å². The maximum absolute atomic E-state index is 12.0. The molecule has 0 bridgehead atoms. The topological polar surface area (TPSA) is 72.9 Å². The quantitative estimate of drug-likeness (QED) is 0.741. The molecule has 0 aromatic rings. The Morgan fingerprint density at radius 3 is 2.50 bits per heavy atom. The van der Waals surface area contributed by atoms with Crippen molar-refractivity contribution in [2.75, 3.05) is 32.7 Å². The molecule has 1 unspecified atom stereocenters. The van der Waals surface area contributed by atoms with Crippen LogP contribution in [0.15, 0.2) is 0 Å². The van der Waals surface area contributed by atoms with Crippen molar-refractivity contribution in [3.8, 4) is 0 Å². The van der Waals surface area contributed by atoms with Crippen LogP contribution in [0, 0.1) is 0 Å². The molecule has 0 saturated carbocycles. The molecule has 6 heteroatoms. The van der Waals surface area contributed by atoms with E-state index in [4.69, 9.17) is 5.11 Å². The molecular formula is C14H27N3O3. The van der Waals surface area contributed by atoms with Crippen molar-refractivity contribution in [2.45, 2.75) is 45.6 Å². The number of nitrogens with one attached hydrogen (secondary N) is 1. The molecule has 2 amide bonds. The molecule has 0 radical (unpaired) electrons. The Labute approximate surface area is 121 Å². The van der Waals surface area contributed by atoms with E-state index >= 15 is 0 Å². The van der Waals surface area contributed by atoms with E-state index in [0.717, 1.165) is 19.6 Å². The highest BCUT2D eigenvalue weighted by atomic mass is 16.4. The molecule has 6 nitrogen and oxygen atoms in total. The first-order chi connectivity index (χ1) is 9.52. The molecule has 0 aromatic heterocycles. The van der Waals surface area contributed by atoms with Gasteiger partial charge >= 0.3 is 12.0 Å². The summed E-state index contributed by atoms with van der Waals surface area (Å²) in [4.78, 5) is 26.5. The van der Waals surface area contributed by atoms with E-state index in [1.54, 1.807) is 4.90 Å². The molecule has 1 saturated heterocycles. The first kappa shape index (κ1) is 16.8. The Kier molecular flexibility index (Phi) is 7.36. The second kappa shape index (κ2) is 8.79. The summed E-state index contributed by atoms with van der Waals surface area (Å²) < 4.78 is 0. The van der Waals surface area contributed by atoms with Gasteiger partial charge in [-0.1, -0.05) is 6.42 Å². The Morgan fingerprint density at radius 2 is 1.95 bits per heavy atom. The summed E-state index contributed by atoms with van der Waals surface area (Å²) in [5, 5.41) is 11.6. The minimum absolute atomic E-state index is 0.0121. The average molecular weight is 285 g/mol. The molecular weight excluding hydrogens is 258 g/mol. The first-order valence-corrected chi connectivity index (χ1v) is 7.52. The van der Waals surface area contributed by atoms with Crippen molar-refractivity contribution >= 4 is 12.0 Å². The number of carbonyl (C=O) groups is 2. The number of urea groups is 1. The fourth-order valence-electron chi connectivity index (χ4n) is 2.51. The van der Waals surface area contributed by atoms with Gasteiger partial charge in [-0.3, -0.25) is 4.79 Å². The minimum atomic E-state index is -0.877. The van der Waals surface area contributed by atoms with E-state index in [1.807, 2.05) is 13.8 Å². The van der Waals surface area contributed by atoms with Crippen LogP contribution in [0.3, 0.4) is 0 Å². The van der Waals surface area contributed by atoms with Crippen LogP contribution >= 0.6 is 0 Å². The predicted octanol–water partition coefficient (Wildman–Crippen LogP) is 1.37. The third kappa shape index (κ3) is 6.23. The summed E-state index contributed by atoms with van der Waals surface area (Å²) in [5.74, 6) is -0.877. The number of aliphatic carboxylic acids is 1. The number of rotatable bonds is 7. The monoisotopic (exact) mass is 285 g/mol. The third-order valence-corrected chi connectivity index (χ3v) is 3.62. The largest absolute Gasteiger partial charge is 0.481 e. The Morgan fingerprint density at radius 1 is 1.30 bits per heavy atom. The second-order valence-corrected chi connectivity index (χ2v) is 5.44. The van der Waals surface area contributed by atoms with Crippen LogP contribution in [0.5, 0.6) is 0 Å². The van der Waals surface area contributed by atoms with Crippen molar-refractivity contribution in [1.82, 2.24) is 15.1 Å². The first-order valence-electron chi connectivity index (χ1n) is 7.52. The summed E-state index contributed by atoms with van der Waals surface area (Å²) >= 11 is 0. The van der Waals surface area contributed by atoms with Crippen LogP contribution in [0.2, 0.25) is 0 Å². The molecule has 1 fully saturated rings. The van der Waals surface area contributed by atoms with Crippen LogP contribution in [-0.2, 0) is 4.79 Å². The summed E-state index contributed by atoms with van der Waals surface area (Å²) in [6, 6.07) is -0.0854. The van der Waals surface area contributed by atoms with Crippen molar-refractivity contribution in [1.29, 1.82) is 0 Å². The normalized spacial score (nSPS) is 17.5. The number of nitrogens with zero attached hydrogens (tertiary/aromatic N) is 2. The Balaban J connectivity index is 2.32. The molecule has 1 aliphatic heterocycles. The number of amides is 2. The van der Waals surface area contributed by atoms with E-state index in [1.165, 1.54) is 19.3 Å². The van der Waals surface area contributed by atoms with Gasteiger partial charge in [0.2, 0.25) is 0 Å². The summed E-state index contributed by atoms with van der Waals surface area (Å²) in [6.07, 6.45) is 3.76. The average Bonchev–Trinajstić information content (AvgIpc) is 2.40. The van der Waals surface area contributed by atoms with Gasteiger partial charge in [-0.05, 0) is 39.8 Å². The number of likely N-dealkylation sites (tertiary alicyclic amines) is 1. The fourth-order valence-corrected chi connectivity index (χ4v) is 2.51. The van der Waals surface area contributed by atoms with Gasteiger partial charge in [0.05, 0.1) is 6.42 Å². The molecule has 20 heavy (non-hydrogen) atoms. The van der Waals surface area contributed by atoms with E-state index in [2.05, 4.69) is 10.2 Å². The van der Waals surface area contributed by atoms with E-state index in [0.29, 0.717) is 6.54 Å². The summed E-state index contributed by atoms with van der Waals surface area (Å²) in [7, 11) is 0. The third-order valence-electron chi connectivity index (χ3n) is 3.62. The molecule has 1 heterocycles. The minimum Gasteiger partial charge on any atom is -0.481 e. The van der Waals surface area contributed by atoms with Crippen LogP contribution in [0.4, 0.5) is 4.79 Å². The zero-order chi connectivity index (χ0) is 15.0. The Bertz CT molecular complexity index is 317. The lowest BCUT2D eigenvalue weighted by atomic mass is 10.1. The van der Waals surface area contributed by atoms with Gasteiger partial charge in [-0.2, -0.15) is 0 Å². The number of hydrogen-bond donors (Lipinski definition) is 2. The van der Waals surface area contributed by atoms with Crippen LogP contribution < -0.4 is 5.32 Å². The number of carboxylic acid groups (broad SMARTS) is 1. The highest BCUT2D eigenvalue weighted by molar-refractivity contribution is 5.75. The molecule has 1 atom stereocenters. The zero-order valence-corrected chi connectivity index (χ0v) is 12.6. The van der Waals surface area contributed by atoms with Gasteiger partial charge in [0.15, 0.2) is 0 Å². The lowest BCUT2D eigenvalue weighted by Gasteiger charge is -2.30. The summed E-state index contributed by atoms with van der Waals surface area (Å²) in [5.41, 5.74) is 0. The number of carboxylic acids is 1. The lowest BCUT2D eigenvalue weighted by Crippen LogP contribution is -2.49. The summed E-state index contributed by atoms with van der Waals surface area (Å²) in [6.45, 7) is 7.72. The maximum Gasteiger partial charge on any atom is 0.317 e. The van der Waals surface area contributed by atoms with Crippen LogP contribution in [0.25, 0.3) is 0 Å². The molecule has 0 aromatic carbocycles. The van der Waals surface area contributed by atoms with Gasteiger partial charge < -0.3 is 20.2 Å². The number of hydrogen-bond acceptors (Lipinski definition) is 3. The molecule has 116 valence electrons. The SMILES string of the molecule is CCN(CCC(=O)O)C(=O)NC(C)CN1CCCCC1.